The molecule has 0 aliphatic heterocycles. The van der Waals surface area contributed by atoms with E-state index in [1.165, 1.54) is 11.8 Å². The number of rotatable bonds is 7. The number of aromatic nitrogens is 2. The fourth-order valence-corrected chi connectivity index (χ4v) is 3.26. The Balaban J connectivity index is 2.38. The van der Waals surface area contributed by atoms with Crippen molar-refractivity contribution in [3.8, 4) is 0 Å². The number of unbranched alkanes of at least 4 members (excludes halogenated alkanes) is 1. The zero-order valence-corrected chi connectivity index (χ0v) is 13.6. The van der Waals surface area contributed by atoms with Crippen LogP contribution in [0.15, 0.2) is 29.1 Å². The number of esters is 1. The molecule has 0 aliphatic rings. The Kier molecular flexibility index (Phi) is 6.00. The van der Waals surface area contributed by atoms with Gasteiger partial charge in [-0.1, -0.05) is 25.5 Å². The summed E-state index contributed by atoms with van der Waals surface area (Å²) in [5.41, 5.74) is 1.22. The Bertz CT molecular complexity index is 699. The first kappa shape index (κ1) is 16.5. The van der Waals surface area contributed by atoms with Gasteiger partial charge in [0.05, 0.1) is 17.6 Å². The molecule has 22 heavy (non-hydrogen) atoms. The van der Waals surface area contributed by atoms with Gasteiger partial charge >= 0.3 is 5.97 Å². The van der Waals surface area contributed by atoms with E-state index < -0.39 is 11.2 Å². The number of aromatic amines is 1. The molecule has 2 rings (SSSR count). The van der Waals surface area contributed by atoms with Gasteiger partial charge in [-0.25, -0.2) is 4.98 Å². The molecule has 0 aliphatic carbocycles. The highest BCUT2D eigenvalue weighted by Gasteiger charge is 2.27. The molecule has 118 valence electrons. The van der Waals surface area contributed by atoms with E-state index in [-0.39, 0.29) is 17.9 Å². The molecule has 0 bridgehead atoms. The van der Waals surface area contributed by atoms with Crippen molar-refractivity contribution in [2.45, 2.75) is 31.9 Å². The van der Waals surface area contributed by atoms with E-state index in [4.69, 9.17) is 4.74 Å². The number of ether oxygens (including phenoxy) is 1. The molecule has 1 aromatic carbocycles. The minimum Gasteiger partial charge on any atom is -0.465 e. The fraction of sp³-hybridized carbons (Fsp3) is 0.438. The summed E-state index contributed by atoms with van der Waals surface area (Å²) in [6, 6.07) is 7.28. The number of benzene rings is 1. The van der Waals surface area contributed by atoms with Gasteiger partial charge in [-0.05, 0) is 31.2 Å². The highest BCUT2D eigenvalue weighted by atomic mass is 32.2. The van der Waals surface area contributed by atoms with Crippen molar-refractivity contribution in [3.63, 3.8) is 0 Å². The Morgan fingerprint density at radius 3 is 2.86 bits per heavy atom. The minimum atomic E-state index is -0.681. The fourth-order valence-electron chi connectivity index (χ4n) is 2.04. The normalized spacial score (nSPS) is 12.3. The molecule has 1 N–H and O–H groups in total. The second kappa shape index (κ2) is 7.98. The summed E-state index contributed by atoms with van der Waals surface area (Å²) in [5.74, 6) is 0.380. The summed E-state index contributed by atoms with van der Waals surface area (Å²) in [7, 11) is 0. The molecule has 1 atom stereocenters. The maximum absolute atomic E-state index is 12.3. The van der Waals surface area contributed by atoms with Crippen molar-refractivity contribution >= 4 is 28.8 Å². The number of nitrogens with one attached hydrogen (secondary N) is 1. The number of nitrogens with zero attached hydrogens (tertiary/aromatic N) is 1. The van der Waals surface area contributed by atoms with Crippen molar-refractivity contribution < 1.29 is 9.53 Å². The molecule has 0 amide bonds. The molecule has 0 spiro atoms. The summed E-state index contributed by atoms with van der Waals surface area (Å²) >= 11 is 1.41. The van der Waals surface area contributed by atoms with E-state index in [9.17, 15) is 9.59 Å². The highest BCUT2D eigenvalue weighted by molar-refractivity contribution is 8.00. The molecule has 2 aromatic rings. The Labute approximate surface area is 133 Å². The number of hydrogen-bond donors (Lipinski definition) is 1. The minimum absolute atomic E-state index is 0.221. The summed E-state index contributed by atoms with van der Waals surface area (Å²) < 4.78 is 5.10. The van der Waals surface area contributed by atoms with E-state index in [1.54, 1.807) is 13.0 Å². The molecular formula is C16H20N2O3S. The van der Waals surface area contributed by atoms with Crippen LogP contribution in [0.3, 0.4) is 0 Å². The van der Waals surface area contributed by atoms with Crippen LogP contribution < -0.4 is 5.56 Å². The van der Waals surface area contributed by atoms with E-state index >= 15 is 0 Å². The number of para-hydroxylation sites is 2. The first-order chi connectivity index (χ1) is 10.7. The molecular weight excluding hydrogens is 300 g/mol. The Morgan fingerprint density at radius 1 is 1.36 bits per heavy atom. The summed E-state index contributed by atoms with van der Waals surface area (Å²) in [6.07, 6.45) is 2.01. The summed E-state index contributed by atoms with van der Waals surface area (Å²) in [6.45, 7) is 4.12. The van der Waals surface area contributed by atoms with Gasteiger partial charge < -0.3 is 9.72 Å². The molecule has 0 fully saturated rings. The highest BCUT2D eigenvalue weighted by Crippen LogP contribution is 2.28. The molecule has 6 heteroatoms. The average Bonchev–Trinajstić information content (AvgIpc) is 2.51. The van der Waals surface area contributed by atoms with Crippen molar-refractivity contribution in [1.82, 2.24) is 9.97 Å². The van der Waals surface area contributed by atoms with Crippen LogP contribution in [-0.2, 0) is 9.53 Å². The van der Waals surface area contributed by atoms with Crippen LogP contribution in [-0.4, -0.2) is 28.3 Å². The van der Waals surface area contributed by atoms with Gasteiger partial charge in [-0.2, -0.15) is 0 Å². The predicted octanol–water partition coefficient (Wildman–Crippen LogP) is 3.06. The topological polar surface area (TPSA) is 72.0 Å². The van der Waals surface area contributed by atoms with Crippen molar-refractivity contribution in [2.75, 3.05) is 12.4 Å². The monoisotopic (exact) mass is 320 g/mol. The van der Waals surface area contributed by atoms with Gasteiger partial charge in [-0.15, -0.1) is 11.8 Å². The summed E-state index contributed by atoms with van der Waals surface area (Å²) in [5, 5.41) is -0.681. The van der Waals surface area contributed by atoms with E-state index in [0.717, 1.165) is 18.6 Å². The van der Waals surface area contributed by atoms with E-state index in [1.807, 2.05) is 18.2 Å². The van der Waals surface area contributed by atoms with Crippen LogP contribution in [0.2, 0.25) is 0 Å². The van der Waals surface area contributed by atoms with Crippen LogP contribution in [0.5, 0.6) is 0 Å². The van der Waals surface area contributed by atoms with Gasteiger partial charge in [0.25, 0.3) is 5.56 Å². The lowest BCUT2D eigenvalue weighted by Crippen LogP contribution is -2.24. The lowest BCUT2D eigenvalue weighted by atomic mass is 10.2. The molecule has 1 unspecified atom stereocenters. The standard InChI is InChI=1S/C16H20N2O3S/c1-3-5-10-22-14(16(20)21-4-2)13-15(19)18-12-9-7-6-8-11(12)17-13/h6-9,14H,3-5,10H2,1-2H3,(H,18,19). The number of carbonyl (C=O) groups is 1. The van der Waals surface area contributed by atoms with Crippen molar-refractivity contribution in [2.24, 2.45) is 0 Å². The first-order valence-corrected chi connectivity index (χ1v) is 8.49. The molecule has 1 heterocycles. The van der Waals surface area contributed by atoms with Crippen molar-refractivity contribution in [1.29, 1.82) is 0 Å². The Morgan fingerprint density at radius 2 is 2.14 bits per heavy atom. The van der Waals surface area contributed by atoms with E-state index in [0.29, 0.717) is 11.0 Å². The molecule has 5 nitrogen and oxygen atoms in total. The van der Waals surface area contributed by atoms with Gasteiger partial charge in [0.2, 0.25) is 0 Å². The van der Waals surface area contributed by atoms with Gasteiger partial charge in [-0.3, -0.25) is 9.59 Å². The number of H-pyrrole nitrogens is 1. The number of carbonyl (C=O) groups excluding carboxylic acids is 1. The zero-order valence-electron chi connectivity index (χ0n) is 12.8. The zero-order chi connectivity index (χ0) is 15.9. The number of thioether (sulfide) groups is 1. The summed E-state index contributed by atoms with van der Waals surface area (Å²) in [4.78, 5) is 31.6. The molecule has 0 saturated carbocycles. The number of hydrogen-bond acceptors (Lipinski definition) is 5. The second-order valence-electron chi connectivity index (χ2n) is 4.82. The second-order valence-corrected chi connectivity index (χ2v) is 6.04. The first-order valence-electron chi connectivity index (χ1n) is 7.44. The maximum Gasteiger partial charge on any atom is 0.325 e. The maximum atomic E-state index is 12.3. The molecule has 1 aromatic heterocycles. The number of fused-ring (bicyclic) bond motifs is 1. The van der Waals surface area contributed by atoms with Crippen LogP contribution in [0.4, 0.5) is 0 Å². The lowest BCUT2D eigenvalue weighted by Gasteiger charge is -2.14. The third-order valence-electron chi connectivity index (χ3n) is 3.16. The van der Waals surface area contributed by atoms with Gasteiger partial charge in [0.1, 0.15) is 5.69 Å². The molecule has 0 saturated heterocycles. The van der Waals surface area contributed by atoms with E-state index in [2.05, 4.69) is 16.9 Å². The lowest BCUT2D eigenvalue weighted by molar-refractivity contribution is -0.142. The molecule has 0 radical (unpaired) electrons. The SMILES string of the molecule is CCCCSC(C(=O)OCC)c1nc2ccccc2[nH]c1=O. The third kappa shape index (κ3) is 3.88. The third-order valence-corrected chi connectivity index (χ3v) is 4.43. The van der Waals surface area contributed by atoms with Crippen LogP contribution in [0.25, 0.3) is 11.0 Å². The largest absolute Gasteiger partial charge is 0.465 e. The predicted molar refractivity (Wildman–Crippen MR) is 89.1 cm³/mol. The van der Waals surface area contributed by atoms with Gasteiger partial charge in [0, 0.05) is 0 Å². The van der Waals surface area contributed by atoms with Crippen molar-refractivity contribution in [3.05, 3.63) is 40.3 Å². The Hall–Kier alpha value is -1.82. The smallest absolute Gasteiger partial charge is 0.325 e. The average molecular weight is 320 g/mol. The van der Waals surface area contributed by atoms with Crippen LogP contribution >= 0.6 is 11.8 Å². The quantitative estimate of drug-likeness (QED) is 0.627. The van der Waals surface area contributed by atoms with Gasteiger partial charge in [0.15, 0.2) is 5.25 Å². The van der Waals surface area contributed by atoms with Crippen LogP contribution in [0, 0.1) is 0 Å². The van der Waals surface area contributed by atoms with Crippen LogP contribution in [0.1, 0.15) is 37.6 Å².